The van der Waals surface area contributed by atoms with Crippen molar-refractivity contribution < 1.29 is 14.7 Å². The molecule has 0 saturated carbocycles. The number of halogens is 1. The fourth-order valence-corrected chi connectivity index (χ4v) is 2.32. The average Bonchev–Trinajstić information content (AvgIpc) is 2.89. The smallest absolute Gasteiger partial charge is 0.337 e. The van der Waals surface area contributed by atoms with Gasteiger partial charge in [0, 0.05) is 16.9 Å². The van der Waals surface area contributed by atoms with Gasteiger partial charge in [0.05, 0.1) is 11.3 Å². The molecular weight excluding hydrogens is 302 g/mol. The monoisotopic (exact) mass is 311 g/mol. The van der Waals surface area contributed by atoms with Crippen molar-refractivity contribution in [3.8, 4) is 0 Å². The van der Waals surface area contributed by atoms with Gasteiger partial charge in [0.1, 0.15) is 10.7 Å². The maximum atomic E-state index is 12.0. The van der Waals surface area contributed by atoms with Gasteiger partial charge in [0.25, 0.3) is 5.91 Å². The zero-order chi connectivity index (χ0) is 14.7. The molecule has 1 heterocycles. The topological polar surface area (TPSA) is 105 Å². The number of carboxylic acid groups (broad SMARTS) is 1. The lowest BCUT2D eigenvalue weighted by Gasteiger charge is -2.07. The molecule has 1 aromatic heterocycles. The first-order chi connectivity index (χ1) is 9.51. The molecule has 1 amide bonds. The first kappa shape index (κ1) is 14.4. The predicted octanol–water partition coefficient (Wildman–Crippen LogP) is 2.21. The SMILES string of the molecule is NCc1nc(C(=O)Nc2ccc(Cl)cc2C(=O)O)cs1. The standard InChI is InChI=1S/C12H10ClN3O3S/c13-6-1-2-8(7(3-6)12(18)19)16-11(17)9-5-20-10(4-14)15-9/h1-3,5H,4,14H2,(H,16,17)(H,18,19). The highest BCUT2D eigenvalue weighted by Gasteiger charge is 2.16. The van der Waals surface area contributed by atoms with E-state index in [1.165, 1.54) is 29.5 Å². The summed E-state index contributed by atoms with van der Waals surface area (Å²) in [5, 5.41) is 14.0. The number of carbonyl (C=O) groups is 2. The van der Waals surface area contributed by atoms with Crippen LogP contribution in [0.25, 0.3) is 0 Å². The van der Waals surface area contributed by atoms with E-state index < -0.39 is 11.9 Å². The summed E-state index contributed by atoms with van der Waals surface area (Å²) in [6, 6.07) is 4.20. The van der Waals surface area contributed by atoms with Crippen molar-refractivity contribution in [2.75, 3.05) is 5.32 Å². The highest BCUT2D eigenvalue weighted by Crippen LogP contribution is 2.21. The molecule has 0 radical (unpaired) electrons. The summed E-state index contributed by atoms with van der Waals surface area (Å²) in [4.78, 5) is 27.1. The van der Waals surface area contributed by atoms with Crippen LogP contribution < -0.4 is 11.1 Å². The Morgan fingerprint density at radius 3 is 2.80 bits per heavy atom. The van der Waals surface area contributed by atoms with Crippen LogP contribution in [0.2, 0.25) is 5.02 Å². The molecule has 20 heavy (non-hydrogen) atoms. The van der Waals surface area contributed by atoms with Gasteiger partial charge in [-0.1, -0.05) is 11.6 Å². The van der Waals surface area contributed by atoms with Crippen LogP contribution in [0.4, 0.5) is 5.69 Å². The normalized spacial score (nSPS) is 10.3. The van der Waals surface area contributed by atoms with Gasteiger partial charge in [-0.05, 0) is 18.2 Å². The number of thiazole rings is 1. The number of rotatable bonds is 4. The number of anilines is 1. The second-order valence-corrected chi connectivity index (χ2v) is 5.16. The van der Waals surface area contributed by atoms with Crippen molar-refractivity contribution in [2.45, 2.75) is 6.54 Å². The minimum absolute atomic E-state index is 0.0832. The number of nitrogens with one attached hydrogen (secondary N) is 1. The van der Waals surface area contributed by atoms with Crippen molar-refractivity contribution in [3.05, 3.63) is 44.9 Å². The van der Waals surface area contributed by atoms with E-state index in [9.17, 15) is 9.59 Å². The molecule has 0 atom stereocenters. The van der Waals surface area contributed by atoms with Crippen molar-refractivity contribution in [1.82, 2.24) is 4.98 Å². The number of nitrogens with two attached hydrogens (primary N) is 1. The molecule has 104 valence electrons. The van der Waals surface area contributed by atoms with Crippen LogP contribution in [0.15, 0.2) is 23.6 Å². The quantitative estimate of drug-likeness (QED) is 0.802. The molecule has 0 aliphatic carbocycles. The van der Waals surface area contributed by atoms with E-state index in [0.29, 0.717) is 5.01 Å². The maximum absolute atomic E-state index is 12.0. The number of nitrogens with zero attached hydrogens (tertiary/aromatic N) is 1. The molecule has 1 aromatic carbocycles. The summed E-state index contributed by atoms with van der Waals surface area (Å²) in [5.74, 6) is -1.67. The largest absolute Gasteiger partial charge is 0.478 e. The van der Waals surface area contributed by atoms with E-state index in [4.69, 9.17) is 22.4 Å². The number of benzene rings is 1. The van der Waals surface area contributed by atoms with E-state index in [2.05, 4.69) is 10.3 Å². The highest BCUT2D eigenvalue weighted by atomic mass is 35.5. The lowest BCUT2D eigenvalue weighted by molar-refractivity contribution is 0.0698. The molecule has 4 N–H and O–H groups in total. The fourth-order valence-electron chi connectivity index (χ4n) is 1.50. The Kier molecular flexibility index (Phi) is 4.33. The molecule has 6 nitrogen and oxygen atoms in total. The van der Waals surface area contributed by atoms with Gasteiger partial charge in [0.2, 0.25) is 0 Å². The molecule has 0 bridgehead atoms. The van der Waals surface area contributed by atoms with Gasteiger partial charge in [0.15, 0.2) is 0 Å². The zero-order valence-corrected chi connectivity index (χ0v) is 11.7. The number of amides is 1. The Morgan fingerprint density at radius 2 is 2.20 bits per heavy atom. The molecule has 8 heteroatoms. The van der Waals surface area contributed by atoms with Crippen LogP contribution in [-0.4, -0.2) is 22.0 Å². The second-order valence-electron chi connectivity index (χ2n) is 3.78. The minimum Gasteiger partial charge on any atom is -0.478 e. The number of hydrogen-bond donors (Lipinski definition) is 3. The van der Waals surface area contributed by atoms with Crippen LogP contribution in [0, 0.1) is 0 Å². The van der Waals surface area contributed by atoms with E-state index >= 15 is 0 Å². The summed E-state index contributed by atoms with van der Waals surface area (Å²) >= 11 is 7.00. The van der Waals surface area contributed by atoms with E-state index in [1.54, 1.807) is 5.38 Å². The number of carboxylic acids is 1. The van der Waals surface area contributed by atoms with Gasteiger partial charge < -0.3 is 16.2 Å². The number of aromatic carboxylic acids is 1. The molecule has 2 rings (SSSR count). The Balaban J connectivity index is 2.25. The third-order valence-corrected chi connectivity index (χ3v) is 3.53. The summed E-state index contributed by atoms with van der Waals surface area (Å²) in [5.41, 5.74) is 5.69. The Hall–Kier alpha value is -1.96. The predicted molar refractivity (Wildman–Crippen MR) is 76.4 cm³/mol. The van der Waals surface area contributed by atoms with Gasteiger partial charge >= 0.3 is 5.97 Å². The minimum atomic E-state index is -1.18. The Bertz CT molecular complexity index is 672. The van der Waals surface area contributed by atoms with Crippen molar-refractivity contribution in [2.24, 2.45) is 5.73 Å². The molecule has 0 saturated heterocycles. The van der Waals surface area contributed by atoms with Gasteiger partial charge in [-0.25, -0.2) is 9.78 Å². The van der Waals surface area contributed by atoms with Crippen LogP contribution in [-0.2, 0) is 6.54 Å². The van der Waals surface area contributed by atoms with Gasteiger partial charge in [-0.2, -0.15) is 0 Å². The lowest BCUT2D eigenvalue weighted by atomic mass is 10.1. The van der Waals surface area contributed by atoms with Crippen LogP contribution >= 0.6 is 22.9 Å². The second kappa shape index (κ2) is 6.00. The fraction of sp³-hybridized carbons (Fsp3) is 0.0833. The van der Waals surface area contributed by atoms with Gasteiger partial charge in [-0.3, -0.25) is 4.79 Å². The Labute approximate surface area is 123 Å². The summed E-state index contributed by atoms with van der Waals surface area (Å²) in [6.45, 7) is 0.249. The summed E-state index contributed by atoms with van der Waals surface area (Å²) < 4.78 is 0. The molecular formula is C12H10ClN3O3S. The van der Waals surface area contributed by atoms with Gasteiger partial charge in [-0.15, -0.1) is 11.3 Å². The number of carbonyl (C=O) groups excluding carboxylic acids is 1. The molecule has 0 aliphatic heterocycles. The first-order valence-electron chi connectivity index (χ1n) is 5.50. The summed E-state index contributed by atoms with van der Waals surface area (Å²) in [7, 11) is 0. The van der Waals surface area contributed by atoms with Crippen LogP contribution in [0.1, 0.15) is 25.9 Å². The highest BCUT2D eigenvalue weighted by molar-refractivity contribution is 7.09. The summed E-state index contributed by atoms with van der Waals surface area (Å²) in [6.07, 6.45) is 0. The lowest BCUT2D eigenvalue weighted by Crippen LogP contribution is -2.15. The van der Waals surface area contributed by atoms with Crippen molar-refractivity contribution in [1.29, 1.82) is 0 Å². The Morgan fingerprint density at radius 1 is 1.45 bits per heavy atom. The molecule has 0 aliphatic rings. The molecule has 0 unspecified atom stereocenters. The van der Waals surface area contributed by atoms with Crippen LogP contribution in [0.5, 0.6) is 0 Å². The first-order valence-corrected chi connectivity index (χ1v) is 6.75. The van der Waals surface area contributed by atoms with E-state index in [-0.39, 0.29) is 28.5 Å². The van der Waals surface area contributed by atoms with Crippen molar-refractivity contribution >= 4 is 40.5 Å². The van der Waals surface area contributed by atoms with Crippen LogP contribution in [0.3, 0.4) is 0 Å². The molecule has 2 aromatic rings. The zero-order valence-electron chi connectivity index (χ0n) is 10.1. The third kappa shape index (κ3) is 3.13. The number of hydrogen-bond acceptors (Lipinski definition) is 5. The van der Waals surface area contributed by atoms with E-state index in [1.807, 2.05) is 0 Å². The molecule has 0 spiro atoms. The maximum Gasteiger partial charge on any atom is 0.337 e. The van der Waals surface area contributed by atoms with Crippen molar-refractivity contribution in [3.63, 3.8) is 0 Å². The number of aromatic nitrogens is 1. The average molecular weight is 312 g/mol. The third-order valence-electron chi connectivity index (χ3n) is 2.42. The molecule has 0 fully saturated rings. The van der Waals surface area contributed by atoms with E-state index in [0.717, 1.165) is 0 Å².